The van der Waals surface area contributed by atoms with E-state index in [1.165, 1.54) is 0 Å². The van der Waals surface area contributed by atoms with Crippen LogP contribution in [0.15, 0.2) is 17.5 Å². The summed E-state index contributed by atoms with van der Waals surface area (Å²) in [6.45, 7) is 5.13. The second-order valence-electron chi connectivity index (χ2n) is 1.15. The zero-order valence-corrected chi connectivity index (χ0v) is 4.11. The minimum Gasteiger partial charge on any atom is -0.349 e. The van der Waals surface area contributed by atoms with Gasteiger partial charge in [0.2, 0.25) is 0 Å². The maximum atomic E-state index is 10.8. The first-order valence-electron chi connectivity index (χ1n) is 1.82. The summed E-state index contributed by atoms with van der Waals surface area (Å²) in [6, 6.07) is 0. The minimum atomic E-state index is 0.668. The van der Waals surface area contributed by atoms with Crippen LogP contribution in [0.5, 0.6) is 0 Å². The van der Waals surface area contributed by atoms with E-state index in [-0.39, 0.29) is 0 Å². The number of allylic oxidation sites excluding steroid dienone is 1. The van der Waals surface area contributed by atoms with E-state index in [0.29, 0.717) is 5.70 Å². The summed E-state index contributed by atoms with van der Waals surface area (Å²) < 4.78 is 10.8. The van der Waals surface area contributed by atoms with E-state index in [1.807, 2.05) is 0 Å². The SMILES string of the molecule is C=C(C)NC=NF. The van der Waals surface area contributed by atoms with Crippen molar-refractivity contribution in [2.24, 2.45) is 5.21 Å². The first-order chi connectivity index (χ1) is 3.27. The Kier molecular flexibility index (Phi) is 2.92. The summed E-state index contributed by atoms with van der Waals surface area (Å²) in [7, 11) is 0. The van der Waals surface area contributed by atoms with Gasteiger partial charge in [0.05, 0.1) is 0 Å². The van der Waals surface area contributed by atoms with Gasteiger partial charge in [0.25, 0.3) is 0 Å². The summed E-state index contributed by atoms with van der Waals surface area (Å²) in [5.74, 6) is 0. The van der Waals surface area contributed by atoms with E-state index in [9.17, 15) is 4.48 Å². The Labute approximate surface area is 41.7 Å². The third-order valence-corrected chi connectivity index (χ3v) is 0.360. The molecule has 0 aromatic rings. The van der Waals surface area contributed by atoms with Gasteiger partial charge in [-0.25, -0.2) is 0 Å². The molecule has 0 heterocycles. The van der Waals surface area contributed by atoms with Gasteiger partial charge < -0.3 is 5.32 Å². The number of hydrogen-bond donors (Lipinski definition) is 1. The molecule has 40 valence electrons. The highest BCUT2D eigenvalue weighted by Gasteiger charge is 1.71. The molecule has 0 amide bonds. The van der Waals surface area contributed by atoms with Crippen molar-refractivity contribution < 1.29 is 4.48 Å². The van der Waals surface area contributed by atoms with Crippen molar-refractivity contribution in [3.05, 3.63) is 12.3 Å². The van der Waals surface area contributed by atoms with Crippen molar-refractivity contribution in [3.63, 3.8) is 0 Å². The molecule has 0 rings (SSSR count). The molecule has 0 aliphatic heterocycles. The summed E-state index contributed by atoms with van der Waals surface area (Å²) in [5, 5.41) is 4.61. The fraction of sp³-hybridized carbons (Fsp3) is 0.250. The van der Waals surface area contributed by atoms with E-state index in [0.717, 1.165) is 6.34 Å². The van der Waals surface area contributed by atoms with Gasteiger partial charge in [-0.3, -0.25) is 0 Å². The molecular weight excluding hydrogens is 95.1 g/mol. The van der Waals surface area contributed by atoms with E-state index in [2.05, 4.69) is 17.1 Å². The second-order valence-corrected chi connectivity index (χ2v) is 1.15. The van der Waals surface area contributed by atoms with Gasteiger partial charge >= 0.3 is 0 Å². The molecule has 0 bridgehead atoms. The monoisotopic (exact) mass is 102 g/mol. The lowest BCUT2D eigenvalue weighted by Crippen LogP contribution is -2.04. The molecule has 0 saturated heterocycles. The number of halogens is 1. The van der Waals surface area contributed by atoms with Gasteiger partial charge in [-0.1, -0.05) is 16.3 Å². The highest BCUT2D eigenvalue weighted by molar-refractivity contribution is 5.55. The van der Waals surface area contributed by atoms with Crippen LogP contribution in [0.25, 0.3) is 0 Å². The molecule has 0 fully saturated rings. The van der Waals surface area contributed by atoms with Gasteiger partial charge in [-0.2, -0.15) is 0 Å². The third-order valence-electron chi connectivity index (χ3n) is 0.360. The van der Waals surface area contributed by atoms with Crippen molar-refractivity contribution in [2.75, 3.05) is 0 Å². The molecule has 0 aromatic heterocycles. The van der Waals surface area contributed by atoms with E-state index in [1.54, 1.807) is 6.92 Å². The lowest BCUT2D eigenvalue weighted by Gasteiger charge is -1.89. The number of nitrogens with one attached hydrogen (secondary N) is 1. The molecule has 0 unspecified atom stereocenters. The Balaban J connectivity index is 3.14. The molecule has 0 aliphatic carbocycles. The fourth-order valence-electron chi connectivity index (χ4n) is 0.135. The Morgan fingerprint density at radius 1 is 2.00 bits per heavy atom. The van der Waals surface area contributed by atoms with Crippen LogP contribution in [0.2, 0.25) is 0 Å². The molecule has 0 saturated carbocycles. The topological polar surface area (TPSA) is 24.4 Å². The summed E-state index contributed by atoms with van der Waals surface area (Å²) in [6.07, 6.45) is 0.933. The lowest BCUT2D eigenvalue weighted by molar-refractivity contribution is 0.538. The number of rotatable bonds is 2. The smallest absolute Gasteiger partial charge is 0.126 e. The molecule has 0 spiro atoms. The first-order valence-corrected chi connectivity index (χ1v) is 1.82. The zero-order valence-electron chi connectivity index (χ0n) is 4.11. The predicted octanol–water partition coefficient (Wildman–Crippen LogP) is 1.02. The zero-order chi connectivity index (χ0) is 5.70. The quantitative estimate of drug-likeness (QED) is 0.408. The first kappa shape index (κ1) is 6.14. The third kappa shape index (κ3) is 5.14. The standard InChI is InChI=1S/C4H7FN2/c1-4(2)6-3-7-5/h3H,1H2,2H3,(H,6,7). The predicted molar refractivity (Wildman–Crippen MR) is 27.5 cm³/mol. The summed E-state index contributed by atoms with van der Waals surface area (Å²) >= 11 is 0. The maximum absolute atomic E-state index is 10.8. The minimum absolute atomic E-state index is 0.668. The lowest BCUT2D eigenvalue weighted by atomic mass is 10.6. The van der Waals surface area contributed by atoms with Crippen LogP contribution in [0.1, 0.15) is 6.92 Å². The van der Waals surface area contributed by atoms with Crippen LogP contribution in [0.3, 0.4) is 0 Å². The van der Waals surface area contributed by atoms with Crippen LogP contribution in [0.4, 0.5) is 4.48 Å². The Bertz CT molecular complexity index is 87.7. The molecule has 0 aliphatic rings. The Morgan fingerprint density at radius 2 is 2.57 bits per heavy atom. The van der Waals surface area contributed by atoms with Crippen molar-refractivity contribution in [2.45, 2.75) is 6.92 Å². The molecule has 7 heavy (non-hydrogen) atoms. The van der Waals surface area contributed by atoms with Crippen LogP contribution < -0.4 is 5.32 Å². The van der Waals surface area contributed by atoms with Crippen LogP contribution >= 0.6 is 0 Å². The maximum Gasteiger partial charge on any atom is 0.126 e. The van der Waals surface area contributed by atoms with Crippen molar-refractivity contribution in [1.29, 1.82) is 0 Å². The molecule has 3 heteroatoms. The van der Waals surface area contributed by atoms with E-state index < -0.39 is 0 Å². The van der Waals surface area contributed by atoms with E-state index in [4.69, 9.17) is 0 Å². The van der Waals surface area contributed by atoms with Gasteiger partial charge in [0.1, 0.15) is 6.34 Å². The van der Waals surface area contributed by atoms with E-state index >= 15 is 0 Å². The van der Waals surface area contributed by atoms with Gasteiger partial charge in [0.15, 0.2) is 0 Å². The Hall–Kier alpha value is -0.860. The molecular formula is C4H7FN2. The van der Waals surface area contributed by atoms with Crippen LogP contribution in [-0.2, 0) is 0 Å². The van der Waals surface area contributed by atoms with Crippen LogP contribution in [0, 0.1) is 0 Å². The van der Waals surface area contributed by atoms with Crippen molar-refractivity contribution in [1.82, 2.24) is 5.32 Å². The molecule has 0 radical (unpaired) electrons. The van der Waals surface area contributed by atoms with Gasteiger partial charge in [0, 0.05) is 5.70 Å². The Morgan fingerprint density at radius 3 is 2.71 bits per heavy atom. The van der Waals surface area contributed by atoms with Crippen molar-refractivity contribution in [3.8, 4) is 0 Å². The van der Waals surface area contributed by atoms with Crippen LogP contribution in [-0.4, -0.2) is 6.34 Å². The average Bonchev–Trinajstić information content (AvgIpc) is 1.61. The summed E-state index contributed by atoms with van der Waals surface area (Å²) in [5.41, 5.74) is 0.668. The number of nitrogens with zero attached hydrogens (tertiary/aromatic N) is 1. The highest BCUT2D eigenvalue weighted by Crippen LogP contribution is 1.72. The molecule has 2 nitrogen and oxygen atoms in total. The second kappa shape index (κ2) is 3.33. The van der Waals surface area contributed by atoms with Gasteiger partial charge in [-0.05, 0) is 6.92 Å². The highest BCUT2D eigenvalue weighted by atomic mass is 19.2. The molecule has 0 aromatic carbocycles. The van der Waals surface area contributed by atoms with Gasteiger partial charge in [-0.15, -0.1) is 0 Å². The number of hydrogen-bond acceptors (Lipinski definition) is 1. The average molecular weight is 102 g/mol. The molecule has 0 atom stereocenters. The van der Waals surface area contributed by atoms with Crippen molar-refractivity contribution >= 4 is 6.34 Å². The fourth-order valence-corrected chi connectivity index (χ4v) is 0.135. The summed E-state index contributed by atoms with van der Waals surface area (Å²) in [4.78, 5) is 0. The normalized spacial score (nSPS) is 9.43. The molecule has 1 N–H and O–H groups in total. The largest absolute Gasteiger partial charge is 0.349 e.